The molecule has 0 saturated heterocycles. The molecule has 0 bridgehead atoms. The number of nitrogens with zero attached hydrogens (tertiary/aromatic N) is 1. The summed E-state index contributed by atoms with van der Waals surface area (Å²) in [7, 11) is 1.60. The summed E-state index contributed by atoms with van der Waals surface area (Å²) in [6, 6.07) is 6.42. The van der Waals surface area contributed by atoms with E-state index in [1.807, 2.05) is 24.3 Å². The standard InChI is InChI=1S/C12H14BrNO4/c1-14(10(12(17)18)6-11(15)16)7-8-2-4-9(13)5-3-8/h2-5,10H,6-7H2,1H3,(H,15,16)(H,17,18). The molecule has 0 saturated carbocycles. The van der Waals surface area contributed by atoms with E-state index in [0.29, 0.717) is 6.54 Å². The topological polar surface area (TPSA) is 77.8 Å². The van der Waals surface area contributed by atoms with Gasteiger partial charge in [0, 0.05) is 11.0 Å². The SMILES string of the molecule is CN(Cc1ccc(Br)cc1)C(CC(=O)O)C(=O)O. The predicted molar refractivity (Wildman–Crippen MR) is 69.3 cm³/mol. The van der Waals surface area contributed by atoms with Crippen LogP contribution in [-0.4, -0.2) is 40.1 Å². The van der Waals surface area contributed by atoms with Gasteiger partial charge < -0.3 is 10.2 Å². The van der Waals surface area contributed by atoms with E-state index >= 15 is 0 Å². The normalized spacial score (nSPS) is 12.4. The van der Waals surface area contributed by atoms with Crippen molar-refractivity contribution in [1.29, 1.82) is 0 Å². The smallest absolute Gasteiger partial charge is 0.321 e. The van der Waals surface area contributed by atoms with Crippen LogP contribution in [0.2, 0.25) is 0 Å². The number of likely N-dealkylation sites (N-methyl/N-ethyl adjacent to an activating group) is 1. The number of rotatable bonds is 6. The van der Waals surface area contributed by atoms with Crippen LogP contribution in [0.5, 0.6) is 0 Å². The number of carbonyl (C=O) groups is 2. The van der Waals surface area contributed by atoms with Gasteiger partial charge in [0.25, 0.3) is 0 Å². The first-order valence-electron chi connectivity index (χ1n) is 5.29. The van der Waals surface area contributed by atoms with Crippen molar-refractivity contribution < 1.29 is 19.8 Å². The van der Waals surface area contributed by atoms with Gasteiger partial charge in [0.15, 0.2) is 0 Å². The van der Waals surface area contributed by atoms with Crippen molar-refractivity contribution >= 4 is 27.9 Å². The van der Waals surface area contributed by atoms with Gasteiger partial charge in [0.05, 0.1) is 6.42 Å². The lowest BCUT2D eigenvalue weighted by molar-refractivity contribution is -0.149. The minimum Gasteiger partial charge on any atom is -0.481 e. The van der Waals surface area contributed by atoms with Crippen molar-refractivity contribution in [2.45, 2.75) is 19.0 Å². The maximum Gasteiger partial charge on any atom is 0.321 e. The van der Waals surface area contributed by atoms with E-state index in [9.17, 15) is 9.59 Å². The number of aliphatic carboxylic acids is 2. The van der Waals surface area contributed by atoms with Crippen LogP contribution in [0.3, 0.4) is 0 Å². The lowest BCUT2D eigenvalue weighted by Gasteiger charge is -2.23. The molecule has 1 aromatic rings. The number of hydrogen-bond acceptors (Lipinski definition) is 3. The molecule has 0 aliphatic carbocycles. The van der Waals surface area contributed by atoms with Crippen LogP contribution in [-0.2, 0) is 16.1 Å². The second-order valence-corrected chi connectivity index (χ2v) is 4.91. The van der Waals surface area contributed by atoms with E-state index in [0.717, 1.165) is 10.0 Å². The molecule has 98 valence electrons. The highest BCUT2D eigenvalue weighted by molar-refractivity contribution is 9.10. The molecule has 2 N–H and O–H groups in total. The highest BCUT2D eigenvalue weighted by Gasteiger charge is 2.25. The van der Waals surface area contributed by atoms with Crippen LogP contribution < -0.4 is 0 Å². The van der Waals surface area contributed by atoms with Crippen LogP contribution in [0, 0.1) is 0 Å². The van der Waals surface area contributed by atoms with Gasteiger partial charge in [-0.25, -0.2) is 0 Å². The maximum absolute atomic E-state index is 11.0. The van der Waals surface area contributed by atoms with Gasteiger partial charge in [-0.15, -0.1) is 0 Å². The first-order chi connectivity index (χ1) is 8.40. The number of carboxylic acid groups (broad SMARTS) is 2. The fourth-order valence-corrected chi connectivity index (χ4v) is 1.85. The predicted octanol–water partition coefficient (Wildman–Crippen LogP) is 1.81. The summed E-state index contributed by atoms with van der Waals surface area (Å²) in [5, 5.41) is 17.7. The van der Waals surface area contributed by atoms with E-state index in [1.165, 1.54) is 4.90 Å². The van der Waals surface area contributed by atoms with Crippen LogP contribution in [0.25, 0.3) is 0 Å². The fourth-order valence-electron chi connectivity index (χ4n) is 1.59. The second-order valence-electron chi connectivity index (χ2n) is 3.99. The van der Waals surface area contributed by atoms with Crippen molar-refractivity contribution in [2.75, 3.05) is 7.05 Å². The number of carboxylic acids is 2. The Kier molecular flexibility index (Phi) is 5.30. The highest BCUT2D eigenvalue weighted by Crippen LogP contribution is 2.13. The molecular weight excluding hydrogens is 302 g/mol. The first kappa shape index (κ1) is 14.7. The van der Waals surface area contributed by atoms with Crippen molar-refractivity contribution in [3.63, 3.8) is 0 Å². The minimum absolute atomic E-state index is 0.386. The molecule has 0 heterocycles. The Labute approximate surface area is 113 Å². The summed E-state index contributed by atoms with van der Waals surface area (Å²) >= 11 is 3.31. The van der Waals surface area contributed by atoms with Gasteiger partial charge in [-0.05, 0) is 24.7 Å². The van der Waals surface area contributed by atoms with E-state index in [-0.39, 0.29) is 0 Å². The summed E-state index contributed by atoms with van der Waals surface area (Å²) < 4.78 is 0.939. The zero-order valence-corrected chi connectivity index (χ0v) is 11.4. The third kappa shape index (κ3) is 4.46. The largest absolute Gasteiger partial charge is 0.481 e. The Hall–Kier alpha value is -1.40. The van der Waals surface area contributed by atoms with Crippen LogP contribution in [0.4, 0.5) is 0 Å². The quantitative estimate of drug-likeness (QED) is 0.837. The van der Waals surface area contributed by atoms with E-state index in [1.54, 1.807) is 7.05 Å². The van der Waals surface area contributed by atoms with E-state index in [4.69, 9.17) is 10.2 Å². The number of benzene rings is 1. The van der Waals surface area contributed by atoms with Gasteiger partial charge in [0.1, 0.15) is 6.04 Å². The molecule has 18 heavy (non-hydrogen) atoms. The molecule has 1 rings (SSSR count). The third-order valence-corrected chi connectivity index (χ3v) is 3.06. The van der Waals surface area contributed by atoms with Crippen LogP contribution >= 0.6 is 15.9 Å². The molecule has 0 aliphatic heterocycles. The van der Waals surface area contributed by atoms with Crippen LogP contribution in [0.1, 0.15) is 12.0 Å². The molecule has 0 spiro atoms. The molecule has 1 unspecified atom stereocenters. The lowest BCUT2D eigenvalue weighted by atomic mass is 10.1. The van der Waals surface area contributed by atoms with E-state index < -0.39 is 24.4 Å². The second kappa shape index (κ2) is 6.51. The summed E-state index contributed by atoms with van der Waals surface area (Å²) in [4.78, 5) is 23.1. The summed E-state index contributed by atoms with van der Waals surface area (Å²) in [6.07, 6.45) is -0.414. The van der Waals surface area contributed by atoms with Crippen molar-refractivity contribution in [3.8, 4) is 0 Å². The molecule has 0 aromatic heterocycles. The van der Waals surface area contributed by atoms with Crippen molar-refractivity contribution in [1.82, 2.24) is 4.90 Å². The third-order valence-electron chi connectivity index (χ3n) is 2.53. The Morgan fingerprint density at radius 1 is 1.28 bits per heavy atom. The summed E-state index contributed by atoms with van der Waals surface area (Å²) in [5.74, 6) is -2.25. The van der Waals surface area contributed by atoms with Gasteiger partial charge >= 0.3 is 11.9 Å². The molecule has 5 nitrogen and oxygen atoms in total. The molecule has 0 radical (unpaired) electrons. The van der Waals surface area contributed by atoms with E-state index in [2.05, 4.69) is 15.9 Å². The zero-order chi connectivity index (χ0) is 13.7. The van der Waals surface area contributed by atoms with Gasteiger partial charge in [-0.3, -0.25) is 14.5 Å². The Bertz CT molecular complexity index is 432. The summed E-state index contributed by atoms with van der Waals surface area (Å²) in [5.41, 5.74) is 0.928. The average molecular weight is 316 g/mol. The highest BCUT2D eigenvalue weighted by atomic mass is 79.9. The van der Waals surface area contributed by atoms with Crippen molar-refractivity contribution in [3.05, 3.63) is 34.3 Å². The van der Waals surface area contributed by atoms with Gasteiger partial charge in [0.2, 0.25) is 0 Å². The lowest BCUT2D eigenvalue weighted by Crippen LogP contribution is -2.39. The Morgan fingerprint density at radius 3 is 2.28 bits per heavy atom. The van der Waals surface area contributed by atoms with Crippen LogP contribution in [0.15, 0.2) is 28.7 Å². The van der Waals surface area contributed by atoms with Gasteiger partial charge in [-0.2, -0.15) is 0 Å². The molecule has 0 aliphatic rings. The Balaban J connectivity index is 2.72. The molecule has 0 fully saturated rings. The first-order valence-corrected chi connectivity index (χ1v) is 6.08. The Morgan fingerprint density at radius 2 is 1.83 bits per heavy atom. The number of hydrogen-bond donors (Lipinski definition) is 2. The minimum atomic E-state index is -1.13. The zero-order valence-electron chi connectivity index (χ0n) is 9.84. The monoisotopic (exact) mass is 315 g/mol. The summed E-state index contributed by atoms with van der Waals surface area (Å²) in [6.45, 7) is 0.386. The fraction of sp³-hybridized carbons (Fsp3) is 0.333. The molecule has 1 aromatic carbocycles. The molecule has 0 amide bonds. The molecule has 6 heteroatoms. The number of halogens is 1. The van der Waals surface area contributed by atoms with Gasteiger partial charge in [-0.1, -0.05) is 28.1 Å². The average Bonchev–Trinajstić information content (AvgIpc) is 2.28. The molecule has 1 atom stereocenters. The van der Waals surface area contributed by atoms with Crippen molar-refractivity contribution in [2.24, 2.45) is 0 Å². The molecular formula is C12H14BrNO4. The maximum atomic E-state index is 11.0.